The van der Waals surface area contributed by atoms with Crippen LogP contribution in [0.4, 0.5) is 0 Å². The Kier molecular flexibility index (Phi) is 9.01. The number of aliphatic imine (C=N–C) groups is 1. The molecule has 28 heavy (non-hydrogen) atoms. The summed E-state index contributed by atoms with van der Waals surface area (Å²) in [6.07, 6.45) is 3.87. The molecule has 0 rings (SSSR count). The van der Waals surface area contributed by atoms with Gasteiger partial charge in [-0.05, 0) is 12.8 Å². The Morgan fingerprint density at radius 1 is 0.893 bits per heavy atom. The van der Waals surface area contributed by atoms with Crippen molar-refractivity contribution in [3.63, 3.8) is 0 Å². The summed E-state index contributed by atoms with van der Waals surface area (Å²) in [4.78, 5) is 5.78. The fraction of sp³-hybridized carbons (Fsp3) is 0.750. The highest BCUT2D eigenvalue weighted by Gasteiger charge is 2.35. The molecule has 0 atom stereocenters. The van der Waals surface area contributed by atoms with E-state index in [0.29, 0.717) is 18.1 Å². The predicted molar refractivity (Wildman–Crippen MR) is 122 cm³/mol. The molecule has 0 heterocycles. The van der Waals surface area contributed by atoms with Gasteiger partial charge in [-0.3, -0.25) is 10.8 Å². The van der Waals surface area contributed by atoms with Crippen molar-refractivity contribution in [3.8, 4) is 0 Å². The van der Waals surface area contributed by atoms with Crippen LogP contribution in [0.25, 0.3) is 0 Å². The Hall–Kier alpha value is -2.25. The Bertz CT molecular complexity index is 651. The molecular weight excluding hydrogens is 352 g/mol. The van der Waals surface area contributed by atoms with E-state index in [0.717, 1.165) is 12.8 Å². The zero-order valence-corrected chi connectivity index (χ0v) is 19.1. The first-order chi connectivity index (χ1) is 12.6. The van der Waals surface area contributed by atoms with E-state index in [4.69, 9.17) is 22.3 Å². The van der Waals surface area contributed by atoms with E-state index in [1.807, 2.05) is 41.5 Å². The van der Waals surface area contributed by atoms with Gasteiger partial charge in [0.25, 0.3) is 0 Å². The van der Waals surface area contributed by atoms with E-state index in [1.165, 1.54) is 6.21 Å². The molecule has 0 amide bonds. The molecule has 0 aromatic heterocycles. The van der Waals surface area contributed by atoms with Crippen LogP contribution in [0.3, 0.4) is 0 Å². The lowest BCUT2D eigenvalue weighted by atomic mass is 9.73. The van der Waals surface area contributed by atoms with Crippen molar-refractivity contribution in [1.29, 1.82) is 10.8 Å². The lowest BCUT2D eigenvalue weighted by Gasteiger charge is -2.33. The fourth-order valence-electron chi connectivity index (χ4n) is 2.83. The standard InChI is InChI=1S/C20H40N8/c1-10-11-18(2,3)16(23)26-27-17(24)20(6,7)13-19(4,5)15(22)25-12-14(21)28(8)9/h12,21-22H,10-11,13H2,1-9H3,(H2,23,26)(H2,24,27)/b21-14?,22-15?,25-12-. The molecular formula is C20H40N8. The number of amidine groups is 4. The highest BCUT2D eigenvalue weighted by molar-refractivity contribution is 6.29. The third kappa shape index (κ3) is 7.78. The van der Waals surface area contributed by atoms with E-state index >= 15 is 0 Å². The van der Waals surface area contributed by atoms with Gasteiger partial charge >= 0.3 is 0 Å². The third-order valence-electron chi connectivity index (χ3n) is 4.85. The van der Waals surface area contributed by atoms with Crippen molar-refractivity contribution in [3.05, 3.63) is 0 Å². The summed E-state index contributed by atoms with van der Waals surface area (Å²) in [5, 5.41) is 24.5. The van der Waals surface area contributed by atoms with Crippen LogP contribution in [-0.2, 0) is 0 Å². The monoisotopic (exact) mass is 392 g/mol. The van der Waals surface area contributed by atoms with E-state index in [-0.39, 0.29) is 17.1 Å². The van der Waals surface area contributed by atoms with Gasteiger partial charge in [0.15, 0.2) is 0 Å². The SMILES string of the molecule is CCCC(C)(C)/C(N)=N/N=C(\N)C(C)(C)CC(C)(C)C(=N)/N=C\C(=N)N(C)C. The number of nitrogens with one attached hydrogen (secondary N) is 2. The Morgan fingerprint density at radius 2 is 1.36 bits per heavy atom. The summed E-state index contributed by atoms with van der Waals surface area (Å²) in [5.74, 6) is 1.26. The van der Waals surface area contributed by atoms with Crippen LogP contribution in [0, 0.1) is 27.1 Å². The Morgan fingerprint density at radius 3 is 1.79 bits per heavy atom. The van der Waals surface area contributed by atoms with Gasteiger partial charge in [0.1, 0.15) is 23.3 Å². The van der Waals surface area contributed by atoms with Crippen molar-refractivity contribution < 1.29 is 0 Å². The van der Waals surface area contributed by atoms with Crippen molar-refractivity contribution in [2.45, 2.75) is 67.7 Å². The molecule has 0 spiro atoms. The Labute approximate surface area is 170 Å². The normalized spacial score (nSPS) is 14.5. The van der Waals surface area contributed by atoms with Gasteiger partial charge in [0, 0.05) is 30.3 Å². The molecule has 0 unspecified atom stereocenters. The maximum Gasteiger partial charge on any atom is 0.139 e. The van der Waals surface area contributed by atoms with Crippen molar-refractivity contribution >= 4 is 29.6 Å². The van der Waals surface area contributed by atoms with Crippen molar-refractivity contribution in [2.75, 3.05) is 14.1 Å². The zero-order chi connectivity index (χ0) is 22.3. The summed E-state index contributed by atoms with van der Waals surface area (Å²) in [6, 6.07) is 0. The highest BCUT2D eigenvalue weighted by Crippen LogP contribution is 2.35. The second-order valence-electron chi connectivity index (χ2n) is 9.44. The molecule has 0 aliphatic heterocycles. The average Bonchev–Trinajstić information content (AvgIpc) is 2.55. The maximum absolute atomic E-state index is 8.30. The summed E-state index contributed by atoms with van der Waals surface area (Å²) in [5.41, 5.74) is 11.1. The second kappa shape index (κ2) is 9.80. The number of nitrogens with zero attached hydrogens (tertiary/aromatic N) is 4. The molecule has 0 fully saturated rings. The molecule has 0 saturated carbocycles. The zero-order valence-electron chi connectivity index (χ0n) is 19.1. The molecule has 0 bridgehead atoms. The molecule has 0 aliphatic carbocycles. The van der Waals surface area contributed by atoms with Gasteiger partial charge in [-0.25, -0.2) is 4.99 Å². The number of nitrogens with two attached hydrogens (primary N) is 2. The summed E-state index contributed by atoms with van der Waals surface area (Å²) in [6.45, 7) is 14.0. The first-order valence-electron chi connectivity index (χ1n) is 9.63. The third-order valence-corrected chi connectivity index (χ3v) is 4.85. The van der Waals surface area contributed by atoms with Crippen LogP contribution in [0.15, 0.2) is 15.2 Å². The summed E-state index contributed by atoms with van der Waals surface area (Å²) in [7, 11) is 3.52. The maximum atomic E-state index is 8.30. The molecule has 8 heteroatoms. The molecule has 6 N–H and O–H groups in total. The number of rotatable bonds is 9. The average molecular weight is 393 g/mol. The van der Waals surface area contributed by atoms with Gasteiger partial charge < -0.3 is 16.4 Å². The number of hydrogen-bond donors (Lipinski definition) is 4. The topological polar surface area (TPSA) is 140 Å². The molecule has 0 saturated heterocycles. The van der Waals surface area contributed by atoms with Crippen LogP contribution >= 0.6 is 0 Å². The lowest BCUT2D eigenvalue weighted by Crippen LogP contribution is -2.39. The Balaban J connectivity index is 5.37. The van der Waals surface area contributed by atoms with Crippen LogP contribution in [0.2, 0.25) is 0 Å². The van der Waals surface area contributed by atoms with E-state index < -0.39 is 10.8 Å². The minimum absolute atomic E-state index is 0.187. The van der Waals surface area contributed by atoms with Crippen LogP contribution in [-0.4, -0.2) is 48.6 Å². The molecule has 0 aromatic rings. The van der Waals surface area contributed by atoms with Gasteiger partial charge in [0.05, 0.1) is 6.21 Å². The minimum Gasteiger partial charge on any atom is -0.385 e. The van der Waals surface area contributed by atoms with E-state index in [1.54, 1.807) is 19.0 Å². The van der Waals surface area contributed by atoms with E-state index in [2.05, 4.69) is 22.1 Å². The smallest absolute Gasteiger partial charge is 0.139 e. The van der Waals surface area contributed by atoms with Crippen molar-refractivity contribution in [1.82, 2.24) is 4.90 Å². The van der Waals surface area contributed by atoms with E-state index in [9.17, 15) is 0 Å². The largest absolute Gasteiger partial charge is 0.385 e. The fourth-order valence-corrected chi connectivity index (χ4v) is 2.83. The lowest BCUT2D eigenvalue weighted by molar-refractivity contribution is 0.332. The quantitative estimate of drug-likeness (QED) is 0.271. The summed E-state index contributed by atoms with van der Waals surface area (Å²) < 4.78 is 0. The van der Waals surface area contributed by atoms with Gasteiger partial charge in [0.2, 0.25) is 0 Å². The van der Waals surface area contributed by atoms with Crippen LogP contribution in [0.1, 0.15) is 67.7 Å². The molecule has 0 aliphatic rings. The first kappa shape index (κ1) is 25.8. The number of hydrogen-bond acceptors (Lipinski definition) is 4. The van der Waals surface area contributed by atoms with Crippen LogP contribution < -0.4 is 11.5 Å². The van der Waals surface area contributed by atoms with Gasteiger partial charge in [-0.2, -0.15) is 0 Å². The predicted octanol–water partition coefficient (Wildman–Crippen LogP) is 3.47. The van der Waals surface area contributed by atoms with Crippen molar-refractivity contribution in [2.24, 2.45) is 42.9 Å². The molecule has 0 aromatic carbocycles. The van der Waals surface area contributed by atoms with Gasteiger partial charge in [-0.15, -0.1) is 10.2 Å². The first-order valence-corrected chi connectivity index (χ1v) is 9.63. The second-order valence-corrected chi connectivity index (χ2v) is 9.44. The minimum atomic E-state index is -0.552. The molecule has 0 radical (unpaired) electrons. The molecule has 160 valence electrons. The van der Waals surface area contributed by atoms with Gasteiger partial charge in [-0.1, -0.05) is 54.9 Å². The highest BCUT2D eigenvalue weighted by atomic mass is 15.3. The van der Waals surface area contributed by atoms with Crippen LogP contribution in [0.5, 0.6) is 0 Å². The molecule has 8 nitrogen and oxygen atoms in total. The summed E-state index contributed by atoms with van der Waals surface area (Å²) >= 11 is 0.